The quantitative estimate of drug-likeness (QED) is 0.116. The molecular weight excluding hydrogens is 644 g/mol. The molecule has 1 saturated heterocycles. The SMILES string of the molecule is Nc1nnc(-c2ccccc2O)cc1-c1cnn(CC2CCC(OCCCc3ccc4c(c3)c3cccnc3n4C3CCC(=O)NC3=O)CC2)c1. The zero-order valence-electron chi connectivity index (χ0n) is 28.2. The van der Waals surface area contributed by atoms with Crippen molar-refractivity contribution in [2.24, 2.45) is 5.92 Å². The Balaban J connectivity index is 0.836. The Morgan fingerprint density at radius 2 is 1.80 bits per heavy atom. The van der Waals surface area contributed by atoms with Crippen LogP contribution in [0.25, 0.3) is 44.3 Å². The van der Waals surface area contributed by atoms with E-state index in [1.54, 1.807) is 24.4 Å². The number of hydrogen-bond acceptors (Lipinski definition) is 9. The summed E-state index contributed by atoms with van der Waals surface area (Å²) in [6.07, 6.45) is 12.7. The van der Waals surface area contributed by atoms with Crippen molar-refractivity contribution < 1.29 is 19.4 Å². The van der Waals surface area contributed by atoms with E-state index in [0.717, 1.165) is 78.1 Å². The number of nitrogen functional groups attached to an aromatic ring is 1. The van der Waals surface area contributed by atoms with Crippen LogP contribution in [0.1, 0.15) is 56.6 Å². The number of aromatic nitrogens is 6. The minimum absolute atomic E-state index is 0.142. The number of phenolic OH excluding ortho intramolecular Hbond substituents is 1. The second-order valence-electron chi connectivity index (χ2n) is 13.7. The van der Waals surface area contributed by atoms with E-state index in [2.05, 4.69) is 43.8 Å². The van der Waals surface area contributed by atoms with E-state index in [9.17, 15) is 14.7 Å². The maximum absolute atomic E-state index is 12.8. The number of piperidine rings is 1. The predicted octanol–water partition coefficient (Wildman–Crippen LogP) is 5.98. The summed E-state index contributed by atoms with van der Waals surface area (Å²) in [5.41, 5.74) is 11.9. The smallest absolute Gasteiger partial charge is 0.249 e. The molecule has 12 heteroatoms. The molecular formula is C39H40N8O4. The lowest BCUT2D eigenvalue weighted by Gasteiger charge is -2.28. The number of nitrogens with two attached hydrogens (primary N) is 1. The van der Waals surface area contributed by atoms with Crippen LogP contribution < -0.4 is 11.1 Å². The van der Waals surface area contributed by atoms with Crippen molar-refractivity contribution in [2.75, 3.05) is 12.3 Å². The highest BCUT2D eigenvalue weighted by atomic mass is 16.5. The fraction of sp³-hybridized carbons (Fsp3) is 0.333. The van der Waals surface area contributed by atoms with E-state index in [-0.39, 0.29) is 23.7 Å². The number of ether oxygens (including phenoxy) is 1. The largest absolute Gasteiger partial charge is 0.507 e. The molecule has 5 heterocycles. The molecule has 1 atom stereocenters. The van der Waals surface area contributed by atoms with Crippen molar-refractivity contribution in [3.05, 3.63) is 84.8 Å². The number of aryl methyl sites for hydroxylation is 1. The monoisotopic (exact) mass is 684 g/mol. The number of nitrogens with zero attached hydrogens (tertiary/aromatic N) is 6. The minimum atomic E-state index is -0.460. The normalized spacial score (nSPS) is 19.5. The van der Waals surface area contributed by atoms with Gasteiger partial charge in [0.25, 0.3) is 0 Å². The Morgan fingerprint density at radius 3 is 2.65 bits per heavy atom. The Hall–Kier alpha value is -5.62. The van der Waals surface area contributed by atoms with Crippen LogP contribution in [-0.2, 0) is 27.3 Å². The fourth-order valence-electron chi connectivity index (χ4n) is 7.65. The van der Waals surface area contributed by atoms with E-state index in [0.29, 0.717) is 42.4 Å². The number of phenols is 1. The topological polar surface area (TPSA) is 163 Å². The average molecular weight is 685 g/mol. The molecule has 2 fully saturated rings. The molecule has 6 aromatic rings. The van der Waals surface area contributed by atoms with E-state index in [1.165, 1.54) is 5.56 Å². The fourth-order valence-corrected chi connectivity index (χ4v) is 7.65. The average Bonchev–Trinajstić information content (AvgIpc) is 3.74. The van der Waals surface area contributed by atoms with Crippen LogP contribution >= 0.6 is 0 Å². The van der Waals surface area contributed by atoms with Gasteiger partial charge in [-0.1, -0.05) is 18.2 Å². The van der Waals surface area contributed by atoms with Gasteiger partial charge in [-0.25, -0.2) is 4.98 Å². The lowest BCUT2D eigenvalue weighted by Crippen LogP contribution is -2.41. The van der Waals surface area contributed by atoms with Crippen molar-refractivity contribution in [3.63, 3.8) is 0 Å². The molecule has 2 aromatic carbocycles. The van der Waals surface area contributed by atoms with Crippen LogP contribution in [-0.4, -0.2) is 59.2 Å². The van der Waals surface area contributed by atoms with Gasteiger partial charge in [-0.3, -0.25) is 19.6 Å². The highest BCUT2D eigenvalue weighted by Crippen LogP contribution is 2.35. The predicted molar refractivity (Wildman–Crippen MR) is 193 cm³/mol. The highest BCUT2D eigenvalue weighted by molar-refractivity contribution is 6.09. The first-order valence-electron chi connectivity index (χ1n) is 17.7. The molecule has 1 aliphatic heterocycles. The first-order valence-corrected chi connectivity index (χ1v) is 17.7. The van der Waals surface area contributed by atoms with E-state index in [4.69, 9.17) is 10.5 Å². The summed E-state index contributed by atoms with van der Waals surface area (Å²) in [5, 5.41) is 27.8. The number of para-hydroxylation sites is 1. The molecule has 4 N–H and O–H groups in total. The maximum atomic E-state index is 12.8. The number of carbonyl (C=O) groups is 2. The number of hydrogen-bond donors (Lipinski definition) is 3. The molecule has 0 bridgehead atoms. The van der Waals surface area contributed by atoms with Crippen molar-refractivity contribution >= 4 is 39.6 Å². The van der Waals surface area contributed by atoms with Gasteiger partial charge in [0.1, 0.15) is 17.4 Å². The van der Waals surface area contributed by atoms with Gasteiger partial charge in [0.05, 0.1) is 23.5 Å². The van der Waals surface area contributed by atoms with Crippen LogP contribution in [0.4, 0.5) is 5.82 Å². The first-order chi connectivity index (χ1) is 24.9. The highest BCUT2D eigenvalue weighted by Gasteiger charge is 2.31. The zero-order valence-corrected chi connectivity index (χ0v) is 28.2. The lowest BCUT2D eigenvalue weighted by atomic mass is 9.87. The van der Waals surface area contributed by atoms with E-state index in [1.807, 2.05) is 45.9 Å². The van der Waals surface area contributed by atoms with Crippen LogP contribution in [0.5, 0.6) is 5.75 Å². The minimum Gasteiger partial charge on any atom is -0.507 e. The molecule has 8 rings (SSSR count). The molecule has 0 spiro atoms. The van der Waals surface area contributed by atoms with Gasteiger partial charge in [0.2, 0.25) is 11.8 Å². The van der Waals surface area contributed by atoms with Crippen LogP contribution in [0.2, 0.25) is 0 Å². The molecule has 260 valence electrons. The number of imide groups is 1. The molecule has 4 aromatic heterocycles. The van der Waals surface area contributed by atoms with Crippen LogP contribution in [0, 0.1) is 5.92 Å². The molecule has 1 aliphatic carbocycles. The van der Waals surface area contributed by atoms with Gasteiger partial charge in [0.15, 0.2) is 5.82 Å². The van der Waals surface area contributed by atoms with Gasteiger partial charge >= 0.3 is 0 Å². The maximum Gasteiger partial charge on any atom is 0.249 e. The molecule has 1 unspecified atom stereocenters. The number of pyridine rings is 1. The van der Waals surface area contributed by atoms with Crippen LogP contribution in [0.15, 0.2) is 79.3 Å². The third-order valence-electron chi connectivity index (χ3n) is 10.3. The van der Waals surface area contributed by atoms with Crippen LogP contribution in [0.3, 0.4) is 0 Å². The Labute approximate surface area is 294 Å². The van der Waals surface area contributed by atoms with E-state index >= 15 is 0 Å². The van der Waals surface area contributed by atoms with Gasteiger partial charge < -0.3 is 20.1 Å². The summed E-state index contributed by atoms with van der Waals surface area (Å²) < 4.78 is 10.3. The summed E-state index contributed by atoms with van der Waals surface area (Å²) in [6.45, 7) is 1.54. The Morgan fingerprint density at radius 1 is 0.941 bits per heavy atom. The van der Waals surface area contributed by atoms with Crippen molar-refractivity contribution in [3.8, 4) is 28.1 Å². The van der Waals surface area contributed by atoms with Gasteiger partial charge in [-0.05, 0) is 98.9 Å². The molecule has 1 saturated carbocycles. The van der Waals surface area contributed by atoms with E-state index < -0.39 is 6.04 Å². The summed E-state index contributed by atoms with van der Waals surface area (Å²) >= 11 is 0. The van der Waals surface area contributed by atoms with Gasteiger partial charge in [0, 0.05) is 59.4 Å². The number of benzene rings is 2. The van der Waals surface area contributed by atoms with Crippen molar-refractivity contribution in [1.82, 2.24) is 34.8 Å². The number of aromatic hydroxyl groups is 1. The summed E-state index contributed by atoms with van der Waals surface area (Å²) in [7, 11) is 0. The number of amides is 2. The van der Waals surface area contributed by atoms with Gasteiger partial charge in [-0.15, -0.1) is 10.2 Å². The Bertz CT molecular complexity index is 2240. The van der Waals surface area contributed by atoms with Gasteiger partial charge in [-0.2, -0.15) is 5.10 Å². The third-order valence-corrected chi connectivity index (χ3v) is 10.3. The molecule has 12 nitrogen and oxygen atoms in total. The summed E-state index contributed by atoms with van der Waals surface area (Å²) in [6, 6.07) is 18.8. The van der Waals surface area contributed by atoms with Crippen molar-refractivity contribution in [1.29, 1.82) is 0 Å². The number of fused-ring (bicyclic) bond motifs is 3. The number of carbonyl (C=O) groups excluding carboxylic acids is 2. The number of rotatable bonds is 10. The summed E-state index contributed by atoms with van der Waals surface area (Å²) in [4.78, 5) is 29.2. The standard InChI is InChI=1S/C39H40N8O4/c40-37-30(20-32(44-45-37)29-6-1-2-8-35(29)48)26-21-42-46(23-26)22-25-9-12-27(13-10-25)51-18-4-5-24-11-14-33-31(19-24)28-7-3-17-41-38(28)47(33)34-15-16-36(49)43-39(34)50/h1-3,6-8,11,14,17,19-21,23,25,27,34,48H,4-5,9-10,12-13,15-16,18,22H2,(H2,40,45)(H,43,49,50). The number of anilines is 1. The number of nitrogens with one attached hydrogen (secondary N) is 1. The summed E-state index contributed by atoms with van der Waals surface area (Å²) in [5.74, 6) is 0.488. The first kappa shape index (κ1) is 32.6. The Kier molecular flexibility index (Phi) is 8.91. The molecule has 2 aliphatic rings. The second-order valence-corrected chi connectivity index (χ2v) is 13.7. The molecule has 51 heavy (non-hydrogen) atoms. The molecule has 0 radical (unpaired) electrons. The molecule has 2 amide bonds. The lowest BCUT2D eigenvalue weighted by molar-refractivity contribution is -0.135. The van der Waals surface area contributed by atoms with Crippen molar-refractivity contribution in [2.45, 2.75) is 70.1 Å². The third kappa shape index (κ3) is 6.66. The zero-order chi connectivity index (χ0) is 34.9. The second kappa shape index (κ2) is 13.9.